The van der Waals surface area contributed by atoms with Gasteiger partial charge in [-0.05, 0) is 36.2 Å². The first kappa shape index (κ1) is 20.3. The van der Waals surface area contributed by atoms with E-state index < -0.39 is 23.4 Å². The molecule has 0 spiro atoms. The molecule has 3 amide bonds. The Morgan fingerprint density at radius 2 is 1.85 bits per heavy atom. The molecule has 0 aliphatic carbocycles. The van der Waals surface area contributed by atoms with E-state index in [0.717, 1.165) is 0 Å². The Bertz CT molecular complexity index is 792. The normalized spacial score (nSPS) is 12.7. The lowest BCUT2D eigenvalue weighted by Crippen LogP contribution is -2.54. The van der Waals surface area contributed by atoms with Gasteiger partial charge in [0.05, 0.1) is 19.4 Å². The Kier molecular flexibility index (Phi) is 6.84. The minimum atomic E-state index is -1.62. The molecule has 8 nitrogen and oxygen atoms in total. The third-order valence-electron chi connectivity index (χ3n) is 4.00. The van der Waals surface area contributed by atoms with Crippen LogP contribution >= 0.6 is 11.6 Å². The number of hydrogen-bond donors (Lipinski definition) is 4. The van der Waals surface area contributed by atoms with Crippen molar-refractivity contribution < 1.29 is 23.9 Å². The van der Waals surface area contributed by atoms with Gasteiger partial charge in [-0.1, -0.05) is 30.7 Å². The second-order valence-corrected chi connectivity index (χ2v) is 6.17. The monoisotopic (exact) mass is 393 g/mol. The minimum absolute atomic E-state index is 0.112. The maximum absolute atomic E-state index is 12.2. The fourth-order valence-electron chi connectivity index (χ4n) is 2.51. The van der Waals surface area contributed by atoms with Gasteiger partial charge >= 0.3 is 12.0 Å². The molecule has 2 aromatic rings. The van der Waals surface area contributed by atoms with Gasteiger partial charge in [0.25, 0.3) is 0 Å². The molecule has 1 atom stereocenters. The molecule has 0 radical (unpaired) electrons. The number of carbonyl (C=O) groups excluding carboxylic acids is 2. The topological polar surface area (TPSA) is 121 Å². The van der Waals surface area contributed by atoms with Crippen LogP contribution in [0.5, 0.6) is 0 Å². The largest absolute Gasteiger partial charge is 0.479 e. The number of amides is 3. The summed E-state index contributed by atoms with van der Waals surface area (Å²) in [6, 6.07) is 9.00. The van der Waals surface area contributed by atoms with Crippen molar-refractivity contribution in [3.8, 4) is 0 Å². The third-order valence-corrected chi connectivity index (χ3v) is 4.25. The number of halogens is 1. The number of furan rings is 1. The molecule has 0 saturated carbocycles. The first-order valence-electron chi connectivity index (χ1n) is 8.22. The van der Waals surface area contributed by atoms with E-state index in [2.05, 4.69) is 16.0 Å². The van der Waals surface area contributed by atoms with Crippen LogP contribution in [-0.2, 0) is 21.7 Å². The van der Waals surface area contributed by atoms with Crippen molar-refractivity contribution in [3.63, 3.8) is 0 Å². The van der Waals surface area contributed by atoms with Gasteiger partial charge < -0.3 is 25.5 Å². The minimum Gasteiger partial charge on any atom is -0.479 e. The number of rotatable bonds is 8. The van der Waals surface area contributed by atoms with Gasteiger partial charge in [0.15, 0.2) is 5.54 Å². The number of benzene rings is 1. The molecule has 1 aromatic heterocycles. The molecular weight excluding hydrogens is 374 g/mol. The summed E-state index contributed by atoms with van der Waals surface area (Å²) in [4.78, 5) is 35.9. The van der Waals surface area contributed by atoms with E-state index in [1.165, 1.54) is 6.26 Å². The second-order valence-electron chi connectivity index (χ2n) is 5.73. The van der Waals surface area contributed by atoms with E-state index in [-0.39, 0.29) is 19.5 Å². The Labute approximate surface area is 160 Å². The molecule has 0 saturated heterocycles. The summed E-state index contributed by atoms with van der Waals surface area (Å²) >= 11 is 5.85. The van der Waals surface area contributed by atoms with E-state index in [0.29, 0.717) is 16.3 Å². The van der Waals surface area contributed by atoms with Crippen molar-refractivity contribution in [2.24, 2.45) is 0 Å². The molecule has 0 bridgehead atoms. The standard InChI is InChI=1S/C18H20ClN3O5/c1-2-18(16(24)25,12-5-7-13(19)8-6-12)22-15(23)11-21-17(26)20-10-14-4-3-9-27-14/h3-9H,2,10-11H2,1H3,(H,22,23)(H,24,25)(H2,20,21,26). The maximum Gasteiger partial charge on any atom is 0.334 e. The van der Waals surface area contributed by atoms with Crippen molar-refractivity contribution in [2.75, 3.05) is 6.54 Å². The Hall–Kier alpha value is -3.00. The van der Waals surface area contributed by atoms with Crippen molar-refractivity contribution in [3.05, 3.63) is 59.0 Å². The molecule has 1 aromatic carbocycles. The molecule has 0 aliphatic heterocycles. The van der Waals surface area contributed by atoms with Gasteiger partial charge in [-0.25, -0.2) is 9.59 Å². The lowest BCUT2D eigenvalue weighted by atomic mass is 9.87. The highest BCUT2D eigenvalue weighted by molar-refractivity contribution is 6.30. The fraction of sp³-hybridized carbons (Fsp3) is 0.278. The molecule has 1 unspecified atom stereocenters. The maximum atomic E-state index is 12.2. The smallest absolute Gasteiger partial charge is 0.334 e. The zero-order valence-corrected chi connectivity index (χ0v) is 15.4. The van der Waals surface area contributed by atoms with Crippen molar-refractivity contribution in [1.82, 2.24) is 16.0 Å². The molecule has 0 fully saturated rings. The van der Waals surface area contributed by atoms with Gasteiger partial charge in [0, 0.05) is 5.02 Å². The van der Waals surface area contributed by atoms with E-state index in [1.807, 2.05) is 0 Å². The number of nitrogens with one attached hydrogen (secondary N) is 3. The predicted octanol–water partition coefficient (Wildman–Crippen LogP) is 2.24. The SMILES string of the molecule is CCC(NC(=O)CNC(=O)NCc1ccco1)(C(=O)O)c1ccc(Cl)cc1. The molecule has 4 N–H and O–H groups in total. The molecule has 1 heterocycles. The highest BCUT2D eigenvalue weighted by Crippen LogP contribution is 2.27. The van der Waals surface area contributed by atoms with Crippen LogP contribution in [0.3, 0.4) is 0 Å². The Morgan fingerprint density at radius 1 is 1.15 bits per heavy atom. The average Bonchev–Trinajstić information content (AvgIpc) is 3.17. The summed E-state index contributed by atoms with van der Waals surface area (Å²) in [7, 11) is 0. The number of carboxylic acids is 1. The summed E-state index contributed by atoms with van der Waals surface area (Å²) in [6.45, 7) is 1.43. The average molecular weight is 394 g/mol. The number of carbonyl (C=O) groups is 3. The fourth-order valence-corrected chi connectivity index (χ4v) is 2.64. The van der Waals surface area contributed by atoms with E-state index in [9.17, 15) is 19.5 Å². The zero-order chi connectivity index (χ0) is 19.9. The number of aliphatic carboxylic acids is 1. The molecule has 0 aliphatic rings. The summed E-state index contributed by atoms with van der Waals surface area (Å²) in [6.07, 6.45) is 1.59. The van der Waals surface area contributed by atoms with Gasteiger partial charge in [-0.2, -0.15) is 0 Å². The van der Waals surface area contributed by atoms with Crippen molar-refractivity contribution >= 4 is 29.5 Å². The van der Waals surface area contributed by atoms with Gasteiger partial charge in [0.2, 0.25) is 5.91 Å². The number of hydrogen-bond acceptors (Lipinski definition) is 4. The molecule has 9 heteroatoms. The number of carboxylic acid groups (broad SMARTS) is 1. The van der Waals surface area contributed by atoms with Crippen LogP contribution in [-0.4, -0.2) is 29.6 Å². The number of urea groups is 1. The quantitative estimate of drug-likeness (QED) is 0.548. The van der Waals surface area contributed by atoms with Crippen LogP contribution in [0.1, 0.15) is 24.7 Å². The Morgan fingerprint density at radius 3 is 2.41 bits per heavy atom. The lowest BCUT2D eigenvalue weighted by Gasteiger charge is -2.30. The highest BCUT2D eigenvalue weighted by atomic mass is 35.5. The van der Waals surface area contributed by atoms with E-state index in [1.54, 1.807) is 43.3 Å². The molecule has 2 rings (SSSR count). The van der Waals surface area contributed by atoms with Crippen molar-refractivity contribution in [1.29, 1.82) is 0 Å². The predicted molar refractivity (Wildman–Crippen MR) is 98.1 cm³/mol. The van der Waals surface area contributed by atoms with Gasteiger partial charge in [0.1, 0.15) is 5.76 Å². The summed E-state index contributed by atoms with van der Waals surface area (Å²) in [5.41, 5.74) is -1.23. The second kappa shape index (κ2) is 9.09. The van der Waals surface area contributed by atoms with Gasteiger partial charge in [-0.15, -0.1) is 0 Å². The van der Waals surface area contributed by atoms with Crippen LogP contribution in [0.25, 0.3) is 0 Å². The van der Waals surface area contributed by atoms with Crippen LogP contribution in [0.4, 0.5) is 4.79 Å². The van der Waals surface area contributed by atoms with Crippen LogP contribution < -0.4 is 16.0 Å². The molecule has 27 heavy (non-hydrogen) atoms. The summed E-state index contributed by atoms with van der Waals surface area (Å²) in [5, 5.41) is 17.6. The lowest BCUT2D eigenvalue weighted by molar-refractivity contribution is -0.148. The van der Waals surface area contributed by atoms with Crippen LogP contribution in [0, 0.1) is 0 Å². The van der Waals surface area contributed by atoms with Crippen LogP contribution in [0.15, 0.2) is 47.1 Å². The molecular formula is C18H20ClN3O5. The van der Waals surface area contributed by atoms with Gasteiger partial charge in [-0.3, -0.25) is 4.79 Å². The first-order valence-corrected chi connectivity index (χ1v) is 8.59. The highest BCUT2D eigenvalue weighted by Gasteiger charge is 2.40. The van der Waals surface area contributed by atoms with E-state index in [4.69, 9.17) is 16.0 Å². The van der Waals surface area contributed by atoms with Crippen molar-refractivity contribution in [2.45, 2.75) is 25.4 Å². The van der Waals surface area contributed by atoms with E-state index >= 15 is 0 Å². The third kappa shape index (κ3) is 5.24. The Balaban J connectivity index is 1.96. The molecule has 144 valence electrons. The summed E-state index contributed by atoms with van der Waals surface area (Å²) in [5.74, 6) is -1.28. The summed E-state index contributed by atoms with van der Waals surface area (Å²) < 4.78 is 5.08. The van der Waals surface area contributed by atoms with Crippen LogP contribution in [0.2, 0.25) is 5.02 Å². The zero-order valence-electron chi connectivity index (χ0n) is 14.6. The first-order chi connectivity index (χ1) is 12.9.